The fraction of sp³-hybridized carbons (Fsp3) is 0. The van der Waals surface area contributed by atoms with E-state index in [2.05, 4.69) is 15.3 Å². The average molecular weight is 313 g/mol. The third kappa shape index (κ3) is 2.77. The van der Waals surface area contributed by atoms with E-state index >= 15 is 0 Å². The zero-order valence-electron chi connectivity index (χ0n) is 12.9. The second-order valence-electron chi connectivity index (χ2n) is 5.55. The first-order valence-electron chi connectivity index (χ1n) is 7.68. The lowest BCUT2D eigenvalue weighted by atomic mass is 10.1. The molecule has 2 N–H and O–H groups in total. The fourth-order valence-electron chi connectivity index (χ4n) is 2.68. The van der Waals surface area contributed by atoms with Crippen LogP contribution in [0.1, 0.15) is 10.4 Å². The van der Waals surface area contributed by atoms with Crippen molar-refractivity contribution in [3.05, 3.63) is 84.8 Å². The third-order valence-corrected chi connectivity index (χ3v) is 3.95. The first-order valence-corrected chi connectivity index (χ1v) is 7.68. The Hall–Kier alpha value is -3.40. The molecule has 116 valence electrons. The second kappa shape index (κ2) is 6.01. The van der Waals surface area contributed by atoms with E-state index < -0.39 is 0 Å². The summed E-state index contributed by atoms with van der Waals surface area (Å²) in [5.74, 6) is -0.123. The number of pyridine rings is 1. The lowest BCUT2D eigenvalue weighted by Crippen LogP contribution is -2.11. The number of hydrogen-bond donors (Lipinski definition) is 2. The molecule has 24 heavy (non-hydrogen) atoms. The normalized spacial score (nSPS) is 10.7. The van der Waals surface area contributed by atoms with Crippen molar-refractivity contribution in [2.45, 2.75) is 0 Å². The molecule has 1 amide bonds. The highest BCUT2D eigenvalue weighted by atomic mass is 16.1. The fourth-order valence-corrected chi connectivity index (χ4v) is 2.68. The Balaban J connectivity index is 1.53. The number of carbonyl (C=O) groups excluding carboxylic acids is 1. The molecule has 0 aliphatic rings. The summed E-state index contributed by atoms with van der Waals surface area (Å²) >= 11 is 0. The topological polar surface area (TPSA) is 57.8 Å². The van der Waals surface area contributed by atoms with E-state index in [-0.39, 0.29) is 5.91 Å². The average Bonchev–Trinajstić information content (AvgIpc) is 3.10. The number of benzene rings is 2. The highest BCUT2D eigenvalue weighted by Gasteiger charge is 2.07. The molecule has 0 unspecified atom stereocenters. The van der Waals surface area contributed by atoms with Gasteiger partial charge < -0.3 is 10.3 Å². The van der Waals surface area contributed by atoms with Gasteiger partial charge in [0.05, 0.1) is 0 Å². The van der Waals surface area contributed by atoms with Gasteiger partial charge in [0.1, 0.15) is 0 Å². The number of amides is 1. The van der Waals surface area contributed by atoms with Crippen LogP contribution in [0, 0.1) is 0 Å². The van der Waals surface area contributed by atoms with Crippen molar-refractivity contribution in [1.82, 2.24) is 9.97 Å². The molecule has 0 bridgehead atoms. The van der Waals surface area contributed by atoms with Crippen LogP contribution in [0.25, 0.3) is 22.0 Å². The summed E-state index contributed by atoms with van der Waals surface area (Å²) < 4.78 is 0. The summed E-state index contributed by atoms with van der Waals surface area (Å²) in [4.78, 5) is 19.7. The first-order chi connectivity index (χ1) is 11.8. The van der Waals surface area contributed by atoms with Gasteiger partial charge >= 0.3 is 0 Å². The van der Waals surface area contributed by atoms with Gasteiger partial charge in [0.15, 0.2) is 0 Å². The summed E-state index contributed by atoms with van der Waals surface area (Å²) in [5, 5.41) is 4.00. The second-order valence-corrected chi connectivity index (χ2v) is 5.55. The quantitative estimate of drug-likeness (QED) is 0.586. The lowest BCUT2D eigenvalue weighted by Gasteiger charge is -2.07. The van der Waals surface area contributed by atoms with Gasteiger partial charge in [0.2, 0.25) is 0 Å². The molecular weight excluding hydrogens is 298 g/mol. The van der Waals surface area contributed by atoms with E-state index in [9.17, 15) is 4.79 Å². The van der Waals surface area contributed by atoms with Crippen LogP contribution in [0.15, 0.2) is 79.3 Å². The Morgan fingerprint density at radius 3 is 2.62 bits per heavy atom. The lowest BCUT2D eigenvalue weighted by molar-refractivity contribution is 0.102. The van der Waals surface area contributed by atoms with Crippen molar-refractivity contribution in [3.63, 3.8) is 0 Å². The number of carbonyl (C=O) groups is 1. The minimum Gasteiger partial charge on any atom is -0.361 e. The molecule has 0 saturated heterocycles. The number of aromatic nitrogens is 2. The molecular formula is C20H15N3O. The van der Waals surface area contributed by atoms with Gasteiger partial charge in [-0.25, -0.2) is 0 Å². The number of nitrogens with one attached hydrogen (secondary N) is 2. The zero-order chi connectivity index (χ0) is 16.4. The molecule has 4 aromatic rings. The van der Waals surface area contributed by atoms with Crippen LogP contribution in [-0.4, -0.2) is 15.9 Å². The summed E-state index contributed by atoms with van der Waals surface area (Å²) in [6.45, 7) is 0. The smallest absolute Gasteiger partial charge is 0.255 e. The minimum atomic E-state index is -0.123. The standard InChI is InChI=1S/C20H15N3O/c24-20(23-18-7-8-19-16(12-18)9-11-22-19)15-5-3-14(4-6-15)17-2-1-10-21-13-17/h1-13,22H,(H,23,24). The van der Waals surface area contributed by atoms with Crippen molar-refractivity contribution in [2.75, 3.05) is 5.32 Å². The summed E-state index contributed by atoms with van der Waals surface area (Å²) in [5.41, 5.74) is 4.52. The van der Waals surface area contributed by atoms with E-state index in [0.29, 0.717) is 5.56 Å². The Morgan fingerprint density at radius 2 is 1.83 bits per heavy atom. The molecule has 2 heterocycles. The number of H-pyrrole nitrogens is 1. The van der Waals surface area contributed by atoms with Crippen LogP contribution in [0.5, 0.6) is 0 Å². The van der Waals surface area contributed by atoms with Crippen molar-refractivity contribution in [3.8, 4) is 11.1 Å². The molecule has 4 rings (SSSR count). The molecule has 4 nitrogen and oxygen atoms in total. The monoisotopic (exact) mass is 313 g/mol. The van der Waals surface area contributed by atoms with Crippen LogP contribution < -0.4 is 5.32 Å². The van der Waals surface area contributed by atoms with Gasteiger partial charge in [-0.2, -0.15) is 0 Å². The Labute approximate surface area is 139 Å². The first kappa shape index (κ1) is 14.2. The SMILES string of the molecule is O=C(Nc1ccc2[nH]ccc2c1)c1ccc(-c2cccnc2)cc1. The molecule has 0 radical (unpaired) electrons. The minimum absolute atomic E-state index is 0.123. The molecule has 0 saturated carbocycles. The third-order valence-electron chi connectivity index (χ3n) is 3.95. The highest BCUT2D eigenvalue weighted by Crippen LogP contribution is 2.20. The molecule has 0 spiro atoms. The maximum Gasteiger partial charge on any atom is 0.255 e. The molecule has 2 aromatic carbocycles. The Bertz CT molecular complexity index is 988. The van der Waals surface area contributed by atoms with Gasteiger partial charge in [-0.3, -0.25) is 9.78 Å². The predicted octanol–water partition coefficient (Wildman–Crippen LogP) is 4.48. The molecule has 0 fully saturated rings. The molecule has 0 atom stereocenters. The molecule has 0 aliphatic carbocycles. The van der Waals surface area contributed by atoms with E-state index in [4.69, 9.17) is 0 Å². The van der Waals surface area contributed by atoms with Crippen LogP contribution in [-0.2, 0) is 0 Å². The van der Waals surface area contributed by atoms with Crippen LogP contribution in [0.4, 0.5) is 5.69 Å². The summed E-state index contributed by atoms with van der Waals surface area (Å²) in [6.07, 6.45) is 5.43. The zero-order valence-corrected chi connectivity index (χ0v) is 12.9. The predicted molar refractivity (Wildman–Crippen MR) is 95.9 cm³/mol. The Morgan fingerprint density at radius 1 is 0.958 bits per heavy atom. The van der Waals surface area contributed by atoms with Gasteiger partial charge in [-0.15, -0.1) is 0 Å². The van der Waals surface area contributed by atoms with E-state index in [1.54, 1.807) is 12.4 Å². The van der Waals surface area contributed by atoms with Crippen molar-refractivity contribution in [2.24, 2.45) is 0 Å². The number of hydrogen-bond acceptors (Lipinski definition) is 2. The van der Waals surface area contributed by atoms with Gasteiger partial charge in [0.25, 0.3) is 5.91 Å². The van der Waals surface area contributed by atoms with Gasteiger partial charge in [0, 0.05) is 40.7 Å². The summed E-state index contributed by atoms with van der Waals surface area (Å²) in [6, 6.07) is 19.2. The van der Waals surface area contributed by atoms with Crippen molar-refractivity contribution >= 4 is 22.5 Å². The number of nitrogens with zero attached hydrogens (tertiary/aromatic N) is 1. The van der Waals surface area contributed by atoms with Gasteiger partial charge in [-0.05, 0) is 53.6 Å². The number of anilines is 1. The number of rotatable bonds is 3. The molecule has 2 aromatic heterocycles. The molecule has 0 aliphatic heterocycles. The van der Waals surface area contributed by atoms with E-state index in [1.165, 1.54) is 0 Å². The number of aromatic amines is 1. The van der Waals surface area contributed by atoms with Crippen molar-refractivity contribution in [1.29, 1.82) is 0 Å². The maximum absolute atomic E-state index is 12.4. The maximum atomic E-state index is 12.4. The molecule has 4 heteroatoms. The van der Waals surface area contributed by atoms with Gasteiger partial charge in [-0.1, -0.05) is 18.2 Å². The van der Waals surface area contributed by atoms with Crippen molar-refractivity contribution < 1.29 is 4.79 Å². The Kier molecular flexibility index (Phi) is 3.56. The highest BCUT2D eigenvalue weighted by molar-refractivity contribution is 6.05. The van der Waals surface area contributed by atoms with Crippen LogP contribution in [0.2, 0.25) is 0 Å². The van der Waals surface area contributed by atoms with E-state index in [1.807, 2.05) is 66.9 Å². The van der Waals surface area contributed by atoms with Crippen LogP contribution in [0.3, 0.4) is 0 Å². The van der Waals surface area contributed by atoms with E-state index in [0.717, 1.165) is 27.7 Å². The number of fused-ring (bicyclic) bond motifs is 1. The largest absolute Gasteiger partial charge is 0.361 e. The summed E-state index contributed by atoms with van der Waals surface area (Å²) in [7, 11) is 0. The van der Waals surface area contributed by atoms with Crippen LogP contribution >= 0.6 is 0 Å².